The van der Waals surface area contributed by atoms with Gasteiger partial charge in [-0.1, -0.05) is 37.2 Å². The average molecular weight is 464 g/mol. The Morgan fingerprint density at radius 2 is 1.97 bits per heavy atom. The number of alkyl halides is 3. The van der Waals surface area contributed by atoms with Crippen LogP contribution in [-0.4, -0.2) is 67.9 Å². The van der Waals surface area contributed by atoms with Gasteiger partial charge in [-0.25, -0.2) is 9.67 Å². The minimum Gasteiger partial charge on any atom is -0.352 e. The third-order valence-electron chi connectivity index (χ3n) is 4.44. The Morgan fingerprint density at radius 3 is 2.57 bits per heavy atom. The third kappa shape index (κ3) is 5.54. The number of pyridine rings is 1. The normalized spacial score (nSPS) is 15.2. The molecule has 0 aliphatic carbocycles. The van der Waals surface area contributed by atoms with Gasteiger partial charge in [0.2, 0.25) is 11.1 Å². The van der Waals surface area contributed by atoms with Crippen LogP contribution < -0.4 is 4.90 Å². The molecule has 13 heteroatoms. The minimum atomic E-state index is -4.49. The van der Waals surface area contributed by atoms with Gasteiger partial charge in [-0.2, -0.15) is 13.2 Å². The van der Waals surface area contributed by atoms with E-state index in [1.807, 2.05) is 0 Å². The summed E-state index contributed by atoms with van der Waals surface area (Å²) in [6, 6.07) is 0.874. The molecule has 0 bridgehead atoms. The van der Waals surface area contributed by atoms with Crippen LogP contribution in [0.5, 0.6) is 0 Å². The Bertz CT molecular complexity index is 884. The van der Waals surface area contributed by atoms with Crippen LogP contribution in [0.2, 0.25) is 5.02 Å². The lowest BCUT2D eigenvalue weighted by Gasteiger charge is -2.35. The number of hydrogen-bond acceptors (Lipinski definition) is 7. The van der Waals surface area contributed by atoms with Gasteiger partial charge in [-0.05, 0) is 22.4 Å². The molecule has 1 amide bonds. The molecule has 1 saturated heterocycles. The van der Waals surface area contributed by atoms with Crippen molar-refractivity contribution in [2.24, 2.45) is 5.92 Å². The SMILES string of the molecule is CC(C)Cn1nnnc1SCC(=O)N1CCN(c2ncc(C(F)(F)F)cc2Cl)CC1. The molecule has 0 aromatic carbocycles. The number of carbonyl (C=O) groups excluding carboxylic acids is 1. The predicted molar refractivity (Wildman–Crippen MR) is 106 cm³/mol. The fraction of sp³-hybridized carbons (Fsp3) is 0.588. The van der Waals surface area contributed by atoms with Crippen LogP contribution in [-0.2, 0) is 17.5 Å². The number of piperazine rings is 1. The second kappa shape index (κ2) is 9.38. The van der Waals surface area contributed by atoms with Gasteiger partial charge in [0.1, 0.15) is 5.82 Å². The van der Waals surface area contributed by atoms with E-state index in [4.69, 9.17) is 11.6 Å². The van der Waals surface area contributed by atoms with Crippen LogP contribution in [0.15, 0.2) is 17.4 Å². The quantitative estimate of drug-likeness (QED) is 0.609. The molecule has 0 atom stereocenters. The highest BCUT2D eigenvalue weighted by molar-refractivity contribution is 7.99. The Hall–Kier alpha value is -2.08. The summed E-state index contributed by atoms with van der Waals surface area (Å²) in [7, 11) is 0. The zero-order valence-electron chi connectivity index (χ0n) is 16.4. The topological polar surface area (TPSA) is 80.0 Å². The van der Waals surface area contributed by atoms with Gasteiger partial charge in [0.25, 0.3) is 0 Å². The van der Waals surface area contributed by atoms with Crippen molar-refractivity contribution < 1.29 is 18.0 Å². The van der Waals surface area contributed by atoms with E-state index in [-0.39, 0.29) is 16.7 Å². The van der Waals surface area contributed by atoms with Crippen molar-refractivity contribution in [2.45, 2.75) is 31.7 Å². The predicted octanol–water partition coefficient (Wildman–Crippen LogP) is 2.84. The number of hydrogen-bond donors (Lipinski definition) is 0. The van der Waals surface area contributed by atoms with Gasteiger partial charge in [0.05, 0.1) is 16.3 Å². The van der Waals surface area contributed by atoms with Gasteiger partial charge in [-0.3, -0.25) is 4.79 Å². The number of rotatable bonds is 6. The van der Waals surface area contributed by atoms with Crippen LogP contribution >= 0.6 is 23.4 Å². The second-order valence-electron chi connectivity index (χ2n) is 7.22. The highest BCUT2D eigenvalue weighted by atomic mass is 35.5. The molecule has 8 nitrogen and oxygen atoms in total. The smallest absolute Gasteiger partial charge is 0.352 e. The monoisotopic (exact) mass is 463 g/mol. The van der Waals surface area contributed by atoms with Crippen LogP contribution in [0.4, 0.5) is 19.0 Å². The molecule has 0 saturated carbocycles. The molecule has 1 fully saturated rings. The van der Waals surface area contributed by atoms with E-state index < -0.39 is 11.7 Å². The largest absolute Gasteiger partial charge is 0.417 e. The summed E-state index contributed by atoms with van der Waals surface area (Å²) in [5.41, 5.74) is -0.887. The van der Waals surface area contributed by atoms with Crippen LogP contribution in [0.25, 0.3) is 0 Å². The maximum atomic E-state index is 12.8. The molecule has 2 aromatic rings. The van der Waals surface area contributed by atoms with E-state index in [2.05, 4.69) is 34.4 Å². The second-order valence-corrected chi connectivity index (χ2v) is 8.57. The van der Waals surface area contributed by atoms with E-state index in [9.17, 15) is 18.0 Å². The van der Waals surface area contributed by atoms with Gasteiger partial charge < -0.3 is 9.80 Å². The van der Waals surface area contributed by atoms with Crippen LogP contribution in [0, 0.1) is 5.92 Å². The minimum absolute atomic E-state index is 0.0507. The highest BCUT2D eigenvalue weighted by Gasteiger charge is 2.32. The molecule has 3 heterocycles. The Balaban J connectivity index is 1.53. The van der Waals surface area contributed by atoms with Crippen molar-refractivity contribution in [1.82, 2.24) is 30.1 Å². The van der Waals surface area contributed by atoms with Crippen molar-refractivity contribution in [3.05, 3.63) is 22.8 Å². The third-order valence-corrected chi connectivity index (χ3v) is 5.66. The van der Waals surface area contributed by atoms with Gasteiger partial charge in [0.15, 0.2) is 0 Å². The molecular formula is C17H21ClF3N7OS. The molecule has 0 spiro atoms. The number of carbonyl (C=O) groups is 1. The molecule has 164 valence electrons. The molecule has 0 radical (unpaired) electrons. The number of amides is 1. The molecule has 30 heavy (non-hydrogen) atoms. The van der Waals surface area contributed by atoms with Gasteiger partial charge in [-0.15, -0.1) is 5.10 Å². The van der Waals surface area contributed by atoms with Gasteiger partial charge >= 0.3 is 6.18 Å². The number of aromatic nitrogens is 5. The Labute approximate surface area is 180 Å². The van der Waals surface area contributed by atoms with Crippen LogP contribution in [0.3, 0.4) is 0 Å². The number of nitrogens with zero attached hydrogens (tertiary/aromatic N) is 7. The summed E-state index contributed by atoms with van der Waals surface area (Å²) in [5.74, 6) is 0.823. The Kier molecular flexibility index (Phi) is 7.06. The van der Waals surface area contributed by atoms with E-state index >= 15 is 0 Å². The lowest BCUT2D eigenvalue weighted by Crippen LogP contribution is -2.49. The molecule has 0 unspecified atom stereocenters. The zero-order chi connectivity index (χ0) is 21.9. The zero-order valence-corrected chi connectivity index (χ0v) is 18.0. The molecule has 1 aliphatic heterocycles. The summed E-state index contributed by atoms with van der Waals surface area (Å²) in [4.78, 5) is 19.9. The van der Waals surface area contributed by atoms with E-state index in [1.54, 1.807) is 14.5 Å². The van der Waals surface area contributed by atoms with Crippen molar-refractivity contribution in [3.63, 3.8) is 0 Å². The lowest BCUT2D eigenvalue weighted by molar-refractivity contribution is -0.137. The van der Waals surface area contributed by atoms with Crippen molar-refractivity contribution in [2.75, 3.05) is 36.8 Å². The summed E-state index contributed by atoms with van der Waals surface area (Å²) in [5, 5.41) is 12.1. The fourth-order valence-electron chi connectivity index (χ4n) is 2.96. The highest BCUT2D eigenvalue weighted by Crippen LogP contribution is 2.33. The molecule has 1 aliphatic rings. The van der Waals surface area contributed by atoms with Crippen molar-refractivity contribution in [1.29, 1.82) is 0 Å². The first-order valence-corrected chi connectivity index (χ1v) is 10.7. The Morgan fingerprint density at radius 1 is 1.27 bits per heavy atom. The van der Waals surface area contributed by atoms with E-state index in [0.717, 1.165) is 12.3 Å². The average Bonchev–Trinajstić information content (AvgIpc) is 3.11. The van der Waals surface area contributed by atoms with Crippen molar-refractivity contribution >= 4 is 35.1 Å². The van der Waals surface area contributed by atoms with Crippen molar-refractivity contribution in [3.8, 4) is 0 Å². The maximum absolute atomic E-state index is 12.8. The fourth-order valence-corrected chi connectivity index (χ4v) is 4.04. The summed E-state index contributed by atoms with van der Waals surface area (Å²) in [6.45, 7) is 6.49. The molecule has 3 rings (SSSR count). The first-order chi connectivity index (χ1) is 14.1. The first-order valence-electron chi connectivity index (χ1n) is 9.29. The number of halogens is 4. The molecule has 2 aromatic heterocycles. The molecule has 0 N–H and O–H groups in total. The summed E-state index contributed by atoms with van der Waals surface area (Å²) < 4.78 is 40.0. The van der Waals surface area contributed by atoms with E-state index in [0.29, 0.717) is 49.6 Å². The number of anilines is 1. The van der Waals surface area contributed by atoms with Crippen LogP contribution in [0.1, 0.15) is 19.4 Å². The lowest BCUT2D eigenvalue weighted by atomic mass is 10.2. The summed E-state index contributed by atoms with van der Waals surface area (Å²) >= 11 is 7.30. The first kappa shape index (κ1) is 22.6. The number of tetrazole rings is 1. The van der Waals surface area contributed by atoms with Gasteiger partial charge in [0, 0.05) is 38.9 Å². The maximum Gasteiger partial charge on any atom is 0.417 e. The number of thioether (sulfide) groups is 1. The summed E-state index contributed by atoms with van der Waals surface area (Å²) in [6.07, 6.45) is -3.72. The molecular weight excluding hydrogens is 443 g/mol. The van der Waals surface area contributed by atoms with E-state index in [1.165, 1.54) is 11.8 Å². The standard InChI is InChI=1S/C17H21ClF3N7OS/c1-11(2)9-28-16(23-24-25-28)30-10-14(29)26-3-5-27(6-4-26)15-13(18)7-12(8-22-15)17(19,20)21/h7-8,11H,3-6,9-10H2,1-2H3.